The molecule has 7 heteroatoms. The molecular weight excluding hydrogens is 322 g/mol. The van der Waals surface area contributed by atoms with Gasteiger partial charge in [0.05, 0.1) is 0 Å². The average molecular weight is 335 g/mol. The van der Waals surface area contributed by atoms with Crippen molar-refractivity contribution >= 4 is 28.0 Å². The molecule has 0 unspecified atom stereocenters. The molecular formula is C17H13N5OS. The number of nitrogens with one attached hydrogen (secondary N) is 1. The third-order valence-corrected chi connectivity index (χ3v) is 4.40. The number of benzene rings is 1. The first kappa shape index (κ1) is 14.5. The fourth-order valence-electron chi connectivity index (χ4n) is 2.33. The maximum absolute atomic E-state index is 12.4. The van der Waals surface area contributed by atoms with Gasteiger partial charge in [-0.05, 0) is 24.6 Å². The number of carbonyl (C=O) groups is 1. The minimum Gasteiger partial charge on any atom is -0.306 e. The third-order valence-electron chi connectivity index (χ3n) is 3.51. The van der Waals surface area contributed by atoms with Crippen LogP contribution in [0.5, 0.6) is 0 Å². The average Bonchev–Trinajstić information content (AvgIpc) is 3.22. The van der Waals surface area contributed by atoms with E-state index in [9.17, 15) is 4.79 Å². The Hall–Kier alpha value is -3.06. The van der Waals surface area contributed by atoms with E-state index in [1.165, 1.54) is 11.3 Å². The molecule has 3 aromatic heterocycles. The number of pyridine rings is 1. The van der Waals surface area contributed by atoms with Crippen molar-refractivity contribution in [1.29, 1.82) is 0 Å². The highest BCUT2D eigenvalue weighted by Gasteiger charge is 2.14. The van der Waals surface area contributed by atoms with Crippen LogP contribution in [0, 0.1) is 6.92 Å². The molecule has 1 aromatic carbocycles. The number of hydrogen-bond acceptors (Lipinski definition) is 5. The number of hydrogen-bond donors (Lipinski definition) is 1. The van der Waals surface area contributed by atoms with E-state index in [-0.39, 0.29) is 5.91 Å². The number of imidazole rings is 1. The van der Waals surface area contributed by atoms with E-state index in [1.807, 2.05) is 60.0 Å². The molecule has 0 atom stereocenters. The van der Waals surface area contributed by atoms with E-state index in [0.717, 1.165) is 21.8 Å². The van der Waals surface area contributed by atoms with Crippen LogP contribution in [0.15, 0.2) is 54.9 Å². The van der Waals surface area contributed by atoms with Gasteiger partial charge in [0.25, 0.3) is 5.91 Å². The van der Waals surface area contributed by atoms with E-state index in [4.69, 9.17) is 0 Å². The van der Waals surface area contributed by atoms with Crippen LogP contribution in [0.4, 0.5) is 5.13 Å². The molecule has 3 heterocycles. The second kappa shape index (κ2) is 5.86. The second-order valence-electron chi connectivity index (χ2n) is 5.33. The Morgan fingerprint density at radius 2 is 2.00 bits per heavy atom. The Balaban J connectivity index is 1.56. The summed E-state index contributed by atoms with van der Waals surface area (Å²) in [5.41, 5.74) is 3.15. The van der Waals surface area contributed by atoms with Crippen LogP contribution in [0.2, 0.25) is 0 Å². The summed E-state index contributed by atoms with van der Waals surface area (Å²) in [6.45, 7) is 1.99. The lowest BCUT2D eigenvalue weighted by Gasteiger charge is -1.96. The topological polar surface area (TPSA) is 72.2 Å². The van der Waals surface area contributed by atoms with E-state index < -0.39 is 0 Å². The molecule has 0 aliphatic rings. The molecule has 0 bridgehead atoms. The Kier molecular flexibility index (Phi) is 3.55. The maximum Gasteiger partial charge on any atom is 0.277 e. The molecule has 6 nitrogen and oxygen atoms in total. The molecule has 118 valence electrons. The molecule has 0 saturated carbocycles. The lowest BCUT2D eigenvalue weighted by molar-refractivity contribution is 0.102. The van der Waals surface area contributed by atoms with Crippen molar-refractivity contribution in [1.82, 2.24) is 19.6 Å². The monoisotopic (exact) mass is 335 g/mol. The van der Waals surface area contributed by atoms with Gasteiger partial charge in [0.2, 0.25) is 5.13 Å². The lowest BCUT2D eigenvalue weighted by Crippen LogP contribution is -2.12. The number of fused-ring (bicyclic) bond motifs is 1. The number of nitrogens with zero attached hydrogens (tertiary/aromatic N) is 4. The summed E-state index contributed by atoms with van der Waals surface area (Å²) >= 11 is 1.33. The summed E-state index contributed by atoms with van der Waals surface area (Å²) in [7, 11) is 0. The molecule has 1 amide bonds. The molecule has 0 aliphatic heterocycles. The van der Waals surface area contributed by atoms with Crippen LogP contribution in [0.3, 0.4) is 0 Å². The van der Waals surface area contributed by atoms with Gasteiger partial charge in [-0.2, -0.15) is 0 Å². The highest BCUT2D eigenvalue weighted by atomic mass is 32.1. The van der Waals surface area contributed by atoms with Crippen LogP contribution < -0.4 is 5.32 Å². The molecule has 24 heavy (non-hydrogen) atoms. The second-order valence-corrected chi connectivity index (χ2v) is 6.31. The van der Waals surface area contributed by atoms with Crippen LogP contribution >= 0.6 is 11.3 Å². The number of amides is 1. The van der Waals surface area contributed by atoms with Crippen LogP contribution in [-0.2, 0) is 0 Å². The zero-order valence-electron chi connectivity index (χ0n) is 12.8. The van der Waals surface area contributed by atoms with Crippen molar-refractivity contribution in [3.8, 4) is 10.6 Å². The molecule has 4 rings (SSSR count). The number of aromatic nitrogens is 4. The van der Waals surface area contributed by atoms with Crippen molar-refractivity contribution in [2.75, 3.05) is 5.32 Å². The minimum absolute atomic E-state index is 0.299. The van der Waals surface area contributed by atoms with Gasteiger partial charge in [0.1, 0.15) is 16.3 Å². The fourth-order valence-corrected chi connectivity index (χ4v) is 3.07. The van der Waals surface area contributed by atoms with Crippen LogP contribution in [-0.4, -0.2) is 25.5 Å². The highest BCUT2D eigenvalue weighted by molar-refractivity contribution is 7.18. The van der Waals surface area contributed by atoms with Gasteiger partial charge in [-0.25, -0.2) is 4.98 Å². The fraction of sp³-hybridized carbons (Fsp3) is 0.0588. The highest BCUT2D eigenvalue weighted by Crippen LogP contribution is 2.26. The van der Waals surface area contributed by atoms with E-state index in [1.54, 1.807) is 6.20 Å². The summed E-state index contributed by atoms with van der Waals surface area (Å²) in [5.74, 6) is -0.299. The Morgan fingerprint density at radius 1 is 1.17 bits per heavy atom. The van der Waals surface area contributed by atoms with E-state index in [2.05, 4.69) is 20.5 Å². The predicted molar refractivity (Wildman–Crippen MR) is 93.2 cm³/mol. The van der Waals surface area contributed by atoms with Gasteiger partial charge in [-0.1, -0.05) is 41.7 Å². The molecule has 0 radical (unpaired) electrons. The standard InChI is InChI=1S/C17H13N5OS/c1-11-7-8-22-10-13(18-14(22)9-11)15(23)19-17-21-20-16(24-17)12-5-3-2-4-6-12/h2-10H,1H3,(H,19,21,23). The molecule has 0 spiro atoms. The Morgan fingerprint density at radius 3 is 2.83 bits per heavy atom. The summed E-state index contributed by atoms with van der Waals surface area (Å²) in [5, 5.41) is 12.1. The first-order valence-electron chi connectivity index (χ1n) is 7.35. The van der Waals surface area contributed by atoms with Crippen molar-refractivity contribution in [2.45, 2.75) is 6.92 Å². The first-order chi connectivity index (χ1) is 11.7. The summed E-state index contributed by atoms with van der Waals surface area (Å²) in [4.78, 5) is 16.7. The number of aryl methyl sites for hydroxylation is 1. The van der Waals surface area contributed by atoms with Crippen molar-refractivity contribution in [3.63, 3.8) is 0 Å². The molecule has 1 N–H and O–H groups in total. The van der Waals surface area contributed by atoms with Gasteiger partial charge >= 0.3 is 0 Å². The summed E-state index contributed by atoms with van der Waals surface area (Å²) < 4.78 is 1.82. The number of carbonyl (C=O) groups excluding carboxylic acids is 1. The summed E-state index contributed by atoms with van der Waals surface area (Å²) in [6.07, 6.45) is 3.58. The third kappa shape index (κ3) is 2.77. The zero-order valence-corrected chi connectivity index (χ0v) is 13.6. The summed E-state index contributed by atoms with van der Waals surface area (Å²) in [6, 6.07) is 13.6. The molecule has 4 aromatic rings. The maximum atomic E-state index is 12.4. The van der Waals surface area contributed by atoms with Gasteiger partial charge in [0, 0.05) is 18.0 Å². The largest absolute Gasteiger partial charge is 0.306 e. The van der Waals surface area contributed by atoms with Crippen LogP contribution in [0.1, 0.15) is 16.1 Å². The Labute approximate surface area is 141 Å². The van der Waals surface area contributed by atoms with Crippen molar-refractivity contribution in [3.05, 3.63) is 66.1 Å². The Bertz CT molecular complexity index is 1020. The lowest BCUT2D eigenvalue weighted by atomic mass is 10.2. The van der Waals surface area contributed by atoms with Gasteiger partial charge in [-0.3, -0.25) is 10.1 Å². The van der Waals surface area contributed by atoms with Crippen molar-refractivity contribution in [2.24, 2.45) is 0 Å². The molecule has 0 aliphatic carbocycles. The quantitative estimate of drug-likeness (QED) is 0.623. The number of rotatable bonds is 3. The van der Waals surface area contributed by atoms with Crippen molar-refractivity contribution < 1.29 is 4.79 Å². The van der Waals surface area contributed by atoms with Gasteiger partial charge in [-0.15, -0.1) is 10.2 Å². The molecule has 0 fully saturated rings. The zero-order chi connectivity index (χ0) is 16.5. The predicted octanol–water partition coefficient (Wildman–Crippen LogP) is 3.41. The van der Waals surface area contributed by atoms with E-state index >= 15 is 0 Å². The van der Waals surface area contributed by atoms with Gasteiger partial charge < -0.3 is 4.40 Å². The number of anilines is 1. The SMILES string of the molecule is Cc1ccn2cc(C(=O)Nc3nnc(-c4ccccc4)s3)nc2c1. The molecule has 0 saturated heterocycles. The normalized spacial score (nSPS) is 10.9. The minimum atomic E-state index is -0.299. The van der Waals surface area contributed by atoms with E-state index in [0.29, 0.717) is 10.8 Å². The first-order valence-corrected chi connectivity index (χ1v) is 8.16. The smallest absolute Gasteiger partial charge is 0.277 e. The van der Waals surface area contributed by atoms with Crippen LogP contribution in [0.25, 0.3) is 16.2 Å². The van der Waals surface area contributed by atoms with Gasteiger partial charge in [0.15, 0.2) is 0 Å².